The lowest BCUT2D eigenvalue weighted by Crippen LogP contribution is -2.07. The van der Waals surface area contributed by atoms with Crippen LogP contribution in [-0.4, -0.2) is 9.13 Å². The van der Waals surface area contributed by atoms with Gasteiger partial charge in [0.2, 0.25) is 0 Å². The molecule has 2 aromatic heterocycles. The lowest BCUT2D eigenvalue weighted by Gasteiger charge is -2.20. The molecule has 1 atom stereocenters. The van der Waals surface area contributed by atoms with Gasteiger partial charge < -0.3 is 9.13 Å². The Labute approximate surface area is 188 Å². The molecule has 0 fully saturated rings. The average molecular weight is 417 g/mol. The fourth-order valence-corrected chi connectivity index (χ4v) is 5.57. The normalized spacial score (nSPS) is 12.9. The number of aromatic nitrogens is 2. The highest BCUT2D eigenvalue weighted by molar-refractivity contribution is 6.11. The Kier molecular flexibility index (Phi) is 4.53. The number of hydrogen-bond donors (Lipinski definition) is 0. The van der Waals surface area contributed by atoms with Crippen LogP contribution in [0, 0.1) is 0 Å². The minimum atomic E-state index is 0.510. The molecule has 0 amide bonds. The van der Waals surface area contributed by atoms with Crippen LogP contribution >= 0.6 is 0 Å². The predicted octanol–water partition coefficient (Wildman–Crippen LogP) is 8.64. The number of hydrogen-bond acceptors (Lipinski definition) is 0. The number of benzene rings is 4. The smallest absolute Gasteiger partial charge is 0.0541 e. The number of fused-ring (bicyclic) bond motifs is 6. The van der Waals surface area contributed by atoms with E-state index in [-0.39, 0.29) is 0 Å². The van der Waals surface area contributed by atoms with E-state index in [2.05, 4.69) is 114 Å². The molecular weight excluding hydrogens is 388 g/mol. The van der Waals surface area contributed by atoms with Crippen LogP contribution in [0.4, 0.5) is 0 Å². The lowest BCUT2D eigenvalue weighted by atomic mass is 10.1. The van der Waals surface area contributed by atoms with Crippen LogP contribution in [0.3, 0.4) is 0 Å². The Hall–Kier alpha value is -3.52. The molecule has 0 radical (unpaired) electrons. The van der Waals surface area contributed by atoms with Crippen LogP contribution < -0.4 is 0 Å². The average Bonchev–Trinajstić information content (AvgIpc) is 3.35. The van der Waals surface area contributed by atoms with Gasteiger partial charge in [-0.25, -0.2) is 0 Å². The van der Waals surface area contributed by atoms with Crippen LogP contribution in [0.5, 0.6) is 0 Å². The zero-order chi connectivity index (χ0) is 21.7. The molecule has 2 nitrogen and oxygen atoms in total. The zero-order valence-corrected chi connectivity index (χ0v) is 18.8. The number of para-hydroxylation sites is 3. The lowest BCUT2D eigenvalue weighted by molar-refractivity contribution is 0.471. The number of rotatable bonds is 5. The van der Waals surface area contributed by atoms with Crippen LogP contribution in [0.2, 0.25) is 0 Å². The van der Waals surface area contributed by atoms with Gasteiger partial charge >= 0.3 is 0 Å². The maximum atomic E-state index is 2.60. The second-order valence-corrected chi connectivity index (χ2v) is 8.81. The van der Waals surface area contributed by atoms with E-state index in [1.165, 1.54) is 62.1 Å². The van der Waals surface area contributed by atoms with Gasteiger partial charge in [0.1, 0.15) is 0 Å². The zero-order valence-electron chi connectivity index (χ0n) is 18.8. The molecule has 0 aliphatic rings. The molecule has 6 aromatic rings. The second-order valence-electron chi connectivity index (χ2n) is 8.81. The van der Waals surface area contributed by atoms with Crippen LogP contribution in [0.15, 0.2) is 91.0 Å². The van der Waals surface area contributed by atoms with Crippen molar-refractivity contribution in [3.63, 3.8) is 0 Å². The van der Waals surface area contributed by atoms with Crippen LogP contribution in [-0.2, 0) is 0 Å². The highest BCUT2D eigenvalue weighted by Gasteiger charge is 2.18. The molecule has 32 heavy (non-hydrogen) atoms. The van der Waals surface area contributed by atoms with Crippen molar-refractivity contribution in [1.82, 2.24) is 9.13 Å². The van der Waals surface area contributed by atoms with Crippen molar-refractivity contribution in [2.75, 3.05) is 0 Å². The van der Waals surface area contributed by atoms with Gasteiger partial charge in [0.25, 0.3) is 0 Å². The van der Waals surface area contributed by atoms with Crippen LogP contribution in [0.25, 0.3) is 49.3 Å². The Bertz CT molecular complexity index is 1530. The molecule has 0 saturated heterocycles. The molecular formula is C30H28N2. The molecule has 6 rings (SSSR count). The fourth-order valence-electron chi connectivity index (χ4n) is 5.57. The van der Waals surface area contributed by atoms with Crippen molar-refractivity contribution < 1.29 is 0 Å². The first-order valence-corrected chi connectivity index (χ1v) is 11.8. The minimum Gasteiger partial charge on any atom is -0.337 e. The number of nitrogens with zero attached hydrogens (tertiary/aromatic N) is 2. The van der Waals surface area contributed by atoms with Gasteiger partial charge in [-0.2, -0.15) is 0 Å². The SMILES string of the molecule is CCCC(CC)n1c2ccccc2c2ccc(-n3c4ccccc4c4ccccc43)cc21. The maximum absolute atomic E-state index is 2.60. The summed E-state index contributed by atoms with van der Waals surface area (Å²) in [7, 11) is 0. The van der Waals surface area contributed by atoms with Crippen LogP contribution in [0.1, 0.15) is 39.2 Å². The summed E-state index contributed by atoms with van der Waals surface area (Å²) >= 11 is 0. The van der Waals surface area contributed by atoms with Gasteiger partial charge in [-0.1, -0.05) is 80.9 Å². The van der Waals surface area contributed by atoms with E-state index in [1.54, 1.807) is 0 Å². The van der Waals surface area contributed by atoms with Gasteiger partial charge in [0.05, 0.1) is 16.6 Å². The van der Waals surface area contributed by atoms with E-state index in [1.807, 2.05) is 0 Å². The molecule has 0 bridgehead atoms. The summed E-state index contributed by atoms with van der Waals surface area (Å²) in [5.41, 5.74) is 6.44. The molecule has 1 unspecified atom stereocenters. The first-order chi connectivity index (χ1) is 15.8. The van der Waals surface area contributed by atoms with Crippen molar-refractivity contribution in [2.24, 2.45) is 0 Å². The summed E-state index contributed by atoms with van der Waals surface area (Å²) < 4.78 is 5.03. The van der Waals surface area contributed by atoms with Crippen molar-refractivity contribution in [3.8, 4) is 5.69 Å². The standard InChI is InChI=1S/C30H28N2/c1-3-11-21(4-2)31-27-15-8-7-14-25(27)26-19-18-22(20-30(26)31)32-28-16-9-5-12-23(28)24-13-6-10-17-29(24)32/h5-10,12-21H,3-4,11H2,1-2H3. The van der Waals surface area contributed by atoms with Gasteiger partial charge in [-0.05, 0) is 43.2 Å². The highest BCUT2D eigenvalue weighted by Crippen LogP contribution is 2.37. The monoisotopic (exact) mass is 416 g/mol. The van der Waals surface area contributed by atoms with Crippen molar-refractivity contribution in [1.29, 1.82) is 0 Å². The molecule has 0 aliphatic heterocycles. The van der Waals surface area contributed by atoms with Gasteiger partial charge in [-0.15, -0.1) is 0 Å². The highest BCUT2D eigenvalue weighted by atomic mass is 15.0. The van der Waals surface area contributed by atoms with Crippen molar-refractivity contribution in [2.45, 2.75) is 39.2 Å². The summed E-state index contributed by atoms with van der Waals surface area (Å²) in [6.45, 7) is 4.61. The van der Waals surface area contributed by atoms with E-state index in [0.29, 0.717) is 6.04 Å². The molecule has 0 spiro atoms. The Morgan fingerprint density at radius 1 is 0.594 bits per heavy atom. The molecule has 0 saturated carbocycles. The van der Waals surface area contributed by atoms with E-state index < -0.39 is 0 Å². The topological polar surface area (TPSA) is 9.86 Å². The predicted molar refractivity (Wildman–Crippen MR) is 138 cm³/mol. The summed E-state index contributed by atoms with van der Waals surface area (Å²) in [4.78, 5) is 0. The first kappa shape index (κ1) is 19.2. The summed E-state index contributed by atoms with van der Waals surface area (Å²) in [5, 5.41) is 5.31. The molecule has 2 heterocycles. The van der Waals surface area contributed by atoms with Crippen molar-refractivity contribution in [3.05, 3.63) is 91.0 Å². The third kappa shape index (κ3) is 2.72. The Morgan fingerprint density at radius 2 is 1.12 bits per heavy atom. The first-order valence-electron chi connectivity index (χ1n) is 11.8. The van der Waals surface area contributed by atoms with E-state index in [0.717, 1.165) is 6.42 Å². The third-order valence-corrected chi connectivity index (χ3v) is 6.99. The minimum absolute atomic E-state index is 0.510. The second kappa shape index (κ2) is 7.56. The Morgan fingerprint density at radius 3 is 1.72 bits per heavy atom. The molecule has 4 aromatic carbocycles. The van der Waals surface area contributed by atoms with Crippen molar-refractivity contribution >= 4 is 43.6 Å². The molecule has 2 heteroatoms. The van der Waals surface area contributed by atoms with Gasteiger partial charge in [0, 0.05) is 38.8 Å². The summed E-state index contributed by atoms with van der Waals surface area (Å²) in [6, 6.07) is 33.9. The van der Waals surface area contributed by atoms with E-state index >= 15 is 0 Å². The van der Waals surface area contributed by atoms with Gasteiger partial charge in [0.15, 0.2) is 0 Å². The molecule has 0 aliphatic carbocycles. The molecule has 0 N–H and O–H groups in total. The summed E-state index contributed by atoms with van der Waals surface area (Å²) in [6.07, 6.45) is 3.53. The third-order valence-electron chi connectivity index (χ3n) is 6.99. The van der Waals surface area contributed by atoms with Gasteiger partial charge in [-0.3, -0.25) is 0 Å². The Balaban J connectivity index is 1.70. The largest absolute Gasteiger partial charge is 0.337 e. The fraction of sp³-hybridized carbons (Fsp3) is 0.200. The molecule has 158 valence electrons. The van der Waals surface area contributed by atoms with E-state index in [4.69, 9.17) is 0 Å². The summed E-state index contributed by atoms with van der Waals surface area (Å²) in [5.74, 6) is 0. The quantitative estimate of drug-likeness (QED) is 0.266. The maximum Gasteiger partial charge on any atom is 0.0541 e. The van der Waals surface area contributed by atoms with E-state index in [9.17, 15) is 0 Å².